The first-order valence-electron chi connectivity index (χ1n) is 3.77. The standard InChI is InChI=1S/C9H4BrN3S/c10-6-3-8(14-5-6)7-1-2-12-9(4-11)13-7/h1-3,5H. The second-order valence-corrected chi connectivity index (χ2v) is 4.33. The monoisotopic (exact) mass is 265 g/mol. The van der Waals surface area contributed by atoms with Crippen LogP contribution in [0.1, 0.15) is 5.82 Å². The molecule has 0 unspecified atom stereocenters. The molecule has 2 heterocycles. The number of aromatic nitrogens is 2. The molecule has 0 aliphatic rings. The Morgan fingerprint density at radius 2 is 2.36 bits per heavy atom. The van der Waals surface area contributed by atoms with Crippen molar-refractivity contribution in [2.45, 2.75) is 0 Å². The van der Waals surface area contributed by atoms with E-state index in [0.29, 0.717) is 0 Å². The Hall–Kier alpha value is -1.25. The highest BCUT2D eigenvalue weighted by Gasteiger charge is 2.03. The third-order valence-corrected chi connectivity index (χ3v) is 3.29. The molecule has 2 aromatic heterocycles. The van der Waals surface area contributed by atoms with Crippen molar-refractivity contribution >= 4 is 27.3 Å². The van der Waals surface area contributed by atoms with Crippen LogP contribution in [-0.4, -0.2) is 9.97 Å². The molecule has 0 saturated carbocycles. The van der Waals surface area contributed by atoms with Crippen LogP contribution in [0.15, 0.2) is 28.2 Å². The van der Waals surface area contributed by atoms with E-state index in [0.717, 1.165) is 15.0 Å². The largest absolute Gasteiger partial charge is 0.232 e. The number of thiophene rings is 1. The number of hydrogen-bond donors (Lipinski definition) is 0. The highest BCUT2D eigenvalue weighted by molar-refractivity contribution is 9.10. The maximum absolute atomic E-state index is 8.63. The molecule has 0 aromatic carbocycles. The molecule has 0 radical (unpaired) electrons. The summed E-state index contributed by atoms with van der Waals surface area (Å²) in [4.78, 5) is 8.93. The molecular weight excluding hydrogens is 262 g/mol. The second kappa shape index (κ2) is 3.86. The smallest absolute Gasteiger partial charge is 0.227 e. The Bertz CT molecular complexity index is 501. The Morgan fingerprint density at radius 3 is 3.00 bits per heavy atom. The molecule has 0 atom stereocenters. The quantitative estimate of drug-likeness (QED) is 0.797. The third kappa shape index (κ3) is 1.81. The SMILES string of the molecule is N#Cc1nccc(-c2cc(Br)cs2)n1. The first kappa shape index (κ1) is 9.31. The summed E-state index contributed by atoms with van der Waals surface area (Å²) in [6.45, 7) is 0. The molecule has 0 N–H and O–H groups in total. The molecular formula is C9H4BrN3S. The van der Waals surface area contributed by atoms with Gasteiger partial charge in [-0.2, -0.15) is 5.26 Å². The zero-order valence-electron chi connectivity index (χ0n) is 6.94. The molecule has 0 bridgehead atoms. The fourth-order valence-electron chi connectivity index (χ4n) is 0.997. The normalized spacial score (nSPS) is 9.71. The molecule has 0 spiro atoms. The number of halogens is 1. The first-order valence-corrected chi connectivity index (χ1v) is 5.44. The van der Waals surface area contributed by atoms with Gasteiger partial charge in [0, 0.05) is 16.0 Å². The van der Waals surface area contributed by atoms with Crippen molar-refractivity contribution in [1.82, 2.24) is 9.97 Å². The summed E-state index contributed by atoms with van der Waals surface area (Å²) in [5.74, 6) is 0.201. The molecule has 68 valence electrons. The summed E-state index contributed by atoms with van der Waals surface area (Å²) in [6, 6.07) is 5.67. The minimum absolute atomic E-state index is 0.201. The van der Waals surface area contributed by atoms with E-state index in [4.69, 9.17) is 5.26 Å². The summed E-state index contributed by atoms with van der Waals surface area (Å²) < 4.78 is 1.02. The lowest BCUT2D eigenvalue weighted by Crippen LogP contribution is -1.88. The minimum Gasteiger partial charge on any atom is -0.227 e. The van der Waals surface area contributed by atoms with Crippen LogP contribution in [0.25, 0.3) is 10.6 Å². The van der Waals surface area contributed by atoms with Crippen molar-refractivity contribution in [2.24, 2.45) is 0 Å². The molecule has 2 rings (SSSR count). The van der Waals surface area contributed by atoms with Gasteiger partial charge in [-0.15, -0.1) is 11.3 Å². The lowest BCUT2D eigenvalue weighted by atomic mass is 10.3. The number of rotatable bonds is 1. The average Bonchev–Trinajstić information content (AvgIpc) is 2.65. The first-order chi connectivity index (χ1) is 6.79. The molecule has 0 aliphatic heterocycles. The van der Waals surface area contributed by atoms with E-state index in [1.54, 1.807) is 23.6 Å². The van der Waals surface area contributed by atoms with Gasteiger partial charge in [-0.1, -0.05) is 0 Å². The maximum Gasteiger partial charge on any atom is 0.232 e. The summed E-state index contributed by atoms with van der Waals surface area (Å²) in [5.41, 5.74) is 0.784. The number of hydrogen-bond acceptors (Lipinski definition) is 4. The molecule has 0 aliphatic carbocycles. The van der Waals surface area contributed by atoms with Crippen molar-refractivity contribution in [2.75, 3.05) is 0 Å². The van der Waals surface area contributed by atoms with Gasteiger partial charge in [0.05, 0.1) is 10.6 Å². The Balaban J connectivity index is 2.47. The van der Waals surface area contributed by atoms with Crippen molar-refractivity contribution in [1.29, 1.82) is 5.26 Å². The van der Waals surface area contributed by atoms with E-state index >= 15 is 0 Å². The van der Waals surface area contributed by atoms with E-state index in [2.05, 4.69) is 25.9 Å². The van der Waals surface area contributed by atoms with Gasteiger partial charge >= 0.3 is 0 Å². The van der Waals surface area contributed by atoms with E-state index in [1.165, 1.54) is 0 Å². The van der Waals surface area contributed by atoms with Crippen LogP contribution in [0.2, 0.25) is 0 Å². The lowest BCUT2D eigenvalue weighted by Gasteiger charge is -1.94. The predicted molar refractivity (Wildman–Crippen MR) is 57.8 cm³/mol. The van der Waals surface area contributed by atoms with Crippen molar-refractivity contribution in [3.8, 4) is 16.6 Å². The van der Waals surface area contributed by atoms with Crippen LogP contribution < -0.4 is 0 Å². The van der Waals surface area contributed by atoms with E-state index in [1.807, 2.05) is 17.5 Å². The Labute approximate surface area is 93.2 Å². The molecule has 5 heteroatoms. The van der Waals surface area contributed by atoms with Crippen molar-refractivity contribution in [3.63, 3.8) is 0 Å². The van der Waals surface area contributed by atoms with Crippen LogP contribution in [0.5, 0.6) is 0 Å². The van der Waals surface area contributed by atoms with E-state index in [9.17, 15) is 0 Å². The van der Waals surface area contributed by atoms with Gasteiger partial charge in [-0.3, -0.25) is 0 Å². The maximum atomic E-state index is 8.63. The minimum atomic E-state index is 0.201. The van der Waals surface area contributed by atoms with E-state index in [-0.39, 0.29) is 5.82 Å². The number of nitrogens with zero attached hydrogens (tertiary/aromatic N) is 3. The fraction of sp³-hybridized carbons (Fsp3) is 0. The zero-order chi connectivity index (χ0) is 9.97. The van der Waals surface area contributed by atoms with Crippen molar-refractivity contribution in [3.05, 3.63) is 34.0 Å². The summed E-state index contributed by atoms with van der Waals surface area (Å²) in [6.07, 6.45) is 1.59. The van der Waals surface area contributed by atoms with Gasteiger partial charge in [0.25, 0.3) is 0 Å². The average molecular weight is 266 g/mol. The van der Waals surface area contributed by atoms with Crippen LogP contribution in [-0.2, 0) is 0 Å². The summed E-state index contributed by atoms with van der Waals surface area (Å²) in [7, 11) is 0. The topological polar surface area (TPSA) is 49.6 Å². The van der Waals surface area contributed by atoms with Gasteiger partial charge in [0.2, 0.25) is 5.82 Å². The summed E-state index contributed by atoms with van der Waals surface area (Å²) >= 11 is 4.94. The lowest BCUT2D eigenvalue weighted by molar-refractivity contribution is 1.12. The molecule has 2 aromatic rings. The van der Waals surface area contributed by atoms with Gasteiger partial charge in [-0.05, 0) is 28.1 Å². The molecule has 0 amide bonds. The number of nitriles is 1. The fourth-order valence-corrected chi connectivity index (χ4v) is 2.40. The van der Waals surface area contributed by atoms with Crippen LogP contribution in [0.3, 0.4) is 0 Å². The highest BCUT2D eigenvalue weighted by Crippen LogP contribution is 2.28. The second-order valence-electron chi connectivity index (χ2n) is 2.51. The van der Waals surface area contributed by atoms with Gasteiger partial charge in [-0.25, -0.2) is 9.97 Å². The Morgan fingerprint density at radius 1 is 1.50 bits per heavy atom. The molecule has 0 fully saturated rings. The van der Waals surface area contributed by atoms with Crippen LogP contribution in [0.4, 0.5) is 0 Å². The Kier molecular flexibility index (Phi) is 2.57. The molecule has 3 nitrogen and oxygen atoms in total. The zero-order valence-corrected chi connectivity index (χ0v) is 9.34. The van der Waals surface area contributed by atoms with Gasteiger partial charge < -0.3 is 0 Å². The molecule has 0 saturated heterocycles. The molecule has 14 heavy (non-hydrogen) atoms. The third-order valence-electron chi connectivity index (χ3n) is 1.58. The van der Waals surface area contributed by atoms with Gasteiger partial charge in [0.1, 0.15) is 6.07 Å². The van der Waals surface area contributed by atoms with Crippen LogP contribution in [0, 0.1) is 11.3 Å². The van der Waals surface area contributed by atoms with Crippen molar-refractivity contribution < 1.29 is 0 Å². The van der Waals surface area contributed by atoms with Crippen LogP contribution >= 0.6 is 27.3 Å². The highest BCUT2D eigenvalue weighted by atomic mass is 79.9. The van der Waals surface area contributed by atoms with E-state index < -0.39 is 0 Å². The predicted octanol–water partition coefficient (Wildman–Crippen LogP) is 2.84. The summed E-state index contributed by atoms with van der Waals surface area (Å²) in [5, 5.41) is 10.6. The van der Waals surface area contributed by atoms with Gasteiger partial charge in [0.15, 0.2) is 0 Å².